The van der Waals surface area contributed by atoms with E-state index in [9.17, 15) is 13.2 Å². The van der Waals surface area contributed by atoms with Crippen molar-refractivity contribution in [2.45, 2.75) is 13.1 Å². The highest BCUT2D eigenvalue weighted by molar-refractivity contribution is 7.88. The Labute approximate surface area is 153 Å². The van der Waals surface area contributed by atoms with Crippen LogP contribution < -0.4 is 0 Å². The van der Waals surface area contributed by atoms with Crippen LogP contribution in [-0.2, 0) is 27.9 Å². The Morgan fingerprint density at radius 2 is 1.52 bits per heavy atom. The number of amides is 1. The van der Waals surface area contributed by atoms with Crippen LogP contribution in [-0.4, -0.2) is 43.4 Å². The first-order valence-electron chi connectivity index (χ1n) is 7.73. The van der Waals surface area contributed by atoms with Crippen molar-refractivity contribution >= 4 is 27.5 Å². The van der Waals surface area contributed by atoms with Crippen LogP contribution in [0, 0.1) is 0 Å². The lowest BCUT2D eigenvalue weighted by atomic mass is 10.2. The maximum Gasteiger partial charge on any atom is 0.237 e. The lowest BCUT2D eigenvalue weighted by Crippen LogP contribution is -2.40. The molecule has 0 spiro atoms. The lowest BCUT2D eigenvalue weighted by molar-refractivity contribution is -0.130. The van der Waals surface area contributed by atoms with E-state index in [1.807, 2.05) is 30.3 Å². The Kier molecular flexibility index (Phi) is 6.58. The lowest BCUT2D eigenvalue weighted by Gasteiger charge is -2.23. The van der Waals surface area contributed by atoms with Crippen molar-refractivity contribution in [3.8, 4) is 0 Å². The molecule has 0 aromatic heterocycles. The Morgan fingerprint density at radius 3 is 2.08 bits per heavy atom. The minimum atomic E-state index is -3.52. The van der Waals surface area contributed by atoms with Gasteiger partial charge in [-0.25, -0.2) is 8.42 Å². The number of likely N-dealkylation sites (N-methyl/N-ethyl adjacent to an activating group) is 1. The van der Waals surface area contributed by atoms with Crippen LogP contribution in [0.15, 0.2) is 54.6 Å². The second-order valence-electron chi connectivity index (χ2n) is 5.89. The third kappa shape index (κ3) is 6.16. The van der Waals surface area contributed by atoms with E-state index < -0.39 is 10.0 Å². The zero-order valence-corrected chi connectivity index (χ0v) is 15.8. The SMILES string of the molecule is CN(Cc1ccccc1)C(=O)CN(Cc1ccc(Cl)cc1)S(C)(=O)=O. The molecule has 0 aliphatic carbocycles. The molecule has 0 saturated carbocycles. The van der Waals surface area contributed by atoms with Gasteiger partial charge in [-0.15, -0.1) is 0 Å². The van der Waals surface area contributed by atoms with Crippen molar-refractivity contribution in [2.75, 3.05) is 19.8 Å². The second-order valence-corrected chi connectivity index (χ2v) is 8.31. The number of rotatable bonds is 7. The number of halogens is 1. The topological polar surface area (TPSA) is 57.7 Å². The summed E-state index contributed by atoms with van der Waals surface area (Å²) in [4.78, 5) is 14.0. The molecule has 0 atom stereocenters. The zero-order chi connectivity index (χ0) is 18.4. The Balaban J connectivity index is 2.05. The number of carbonyl (C=O) groups excluding carboxylic acids is 1. The van der Waals surface area contributed by atoms with Crippen molar-refractivity contribution < 1.29 is 13.2 Å². The molecule has 25 heavy (non-hydrogen) atoms. The first-order valence-corrected chi connectivity index (χ1v) is 9.96. The third-order valence-corrected chi connectivity index (χ3v) is 5.19. The summed E-state index contributed by atoms with van der Waals surface area (Å²) in [7, 11) is -1.86. The summed E-state index contributed by atoms with van der Waals surface area (Å²) < 4.78 is 25.3. The van der Waals surface area contributed by atoms with Gasteiger partial charge in [-0.05, 0) is 23.3 Å². The summed E-state index contributed by atoms with van der Waals surface area (Å²) in [6.07, 6.45) is 1.10. The van der Waals surface area contributed by atoms with Crippen molar-refractivity contribution in [1.82, 2.24) is 9.21 Å². The molecule has 0 radical (unpaired) electrons. The Hall–Kier alpha value is -1.89. The predicted molar refractivity (Wildman–Crippen MR) is 99.6 cm³/mol. The molecule has 2 aromatic carbocycles. The standard InChI is InChI=1S/C18H21ClN2O3S/c1-20(12-15-6-4-3-5-7-15)18(22)14-21(25(2,23)24)13-16-8-10-17(19)11-9-16/h3-11H,12-14H2,1-2H3. The minimum Gasteiger partial charge on any atom is -0.340 e. The molecule has 0 saturated heterocycles. The van der Waals surface area contributed by atoms with Crippen LogP contribution in [0.25, 0.3) is 0 Å². The number of benzene rings is 2. The molecule has 0 N–H and O–H groups in total. The number of sulfonamides is 1. The number of nitrogens with zero attached hydrogens (tertiary/aromatic N) is 2. The number of hydrogen-bond donors (Lipinski definition) is 0. The van der Waals surface area contributed by atoms with E-state index in [-0.39, 0.29) is 19.0 Å². The van der Waals surface area contributed by atoms with Gasteiger partial charge >= 0.3 is 0 Å². The first kappa shape index (κ1) is 19.4. The van der Waals surface area contributed by atoms with E-state index in [4.69, 9.17) is 11.6 Å². The molecule has 134 valence electrons. The van der Waals surface area contributed by atoms with E-state index in [0.29, 0.717) is 11.6 Å². The Morgan fingerprint density at radius 1 is 0.960 bits per heavy atom. The predicted octanol–water partition coefficient (Wildman–Crippen LogP) is 2.76. The van der Waals surface area contributed by atoms with E-state index in [1.54, 1.807) is 31.3 Å². The van der Waals surface area contributed by atoms with Gasteiger partial charge in [0.05, 0.1) is 12.8 Å². The fraction of sp³-hybridized carbons (Fsp3) is 0.278. The second kappa shape index (κ2) is 8.47. The highest BCUT2D eigenvalue weighted by Gasteiger charge is 2.22. The minimum absolute atomic E-state index is 0.126. The smallest absolute Gasteiger partial charge is 0.237 e. The molecule has 7 heteroatoms. The quantitative estimate of drug-likeness (QED) is 0.742. The average molecular weight is 381 g/mol. The van der Waals surface area contributed by atoms with Crippen LogP contribution in [0.3, 0.4) is 0 Å². The van der Waals surface area contributed by atoms with E-state index in [0.717, 1.165) is 17.4 Å². The van der Waals surface area contributed by atoms with E-state index >= 15 is 0 Å². The number of hydrogen-bond acceptors (Lipinski definition) is 3. The molecule has 0 unspecified atom stereocenters. The van der Waals surface area contributed by atoms with Crippen LogP contribution in [0.4, 0.5) is 0 Å². The highest BCUT2D eigenvalue weighted by Crippen LogP contribution is 2.13. The van der Waals surface area contributed by atoms with Gasteiger partial charge < -0.3 is 4.90 Å². The summed E-state index contributed by atoms with van der Waals surface area (Å²) in [5.41, 5.74) is 1.76. The number of carbonyl (C=O) groups is 1. The van der Waals surface area contributed by atoms with Gasteiger partial charge in [0.25, 0.3) is 0 Å². The molecule has 0 aliphatic rings. The fourth-order valence-corrected chi connectivity index (χ4v) is 3.16. The molecular weight excluding hydrogens is 360 g/mol. The van der Waals surface area contributed by atoms with Gasteiger partial charge in [0.15, 0.2) is 0 Å². The molecule has 1 amide bonds. The van der Waals surface area contributed by atoms with E-state index in [1.165, 1.54) is 9.21 Å². The summed E-state index contributed by atoms with van der Waals surface area (Å²) in [5, 5.41) is 0.577. The van der Waals surface area contributed by atoms with Crippen LogP contribution in [0.5, 0.6) is 0 Å². The normalized spacial score (nSPS) is 11.5. The summed E-state index contributed by atoms with van der Waals surface area (Å²) >= 11 is 5.85. The molecule has 0 fully saturated rings. The van der Waals surface area contributed by atoms with Gasteiger partial charge in [0.2, 0.25) is 15.9 Å². The van der Waals surface area contributed by atoms with Crippen molar-refractivity contribution in [2.24, 2.45) is 0 Å². The molecule has 5 nitrogen and oxygen atoms in total. The maximum absolute atomic E-state index is 12.4. The first-order chi connectivity index (χ1) is 11.8. The molecule has 0 bridgehead atoms. The highest BCUT2D eigenvalue weighted by atomic mass is 35.5. The largest absolute Gasteiger partial charge is 0.340 e. The molecular formula is C18H21ClN2O3S. The molecule has 0 aliphatic heterocycles. The van der Waals surface area contributed by atoms with Crippen LogP contribution in [0.1, 0.15) is 11.1 Å². The van der Waals surface area contributed by atoms with Crippen molar-refractivity contribution in [1.29, 1.82) is 0 Å². The monoisotopic (exact) mass is 380 g/mol. The van der Waals surface area contributed by atoms with E-state index in [2.05, 4.69) is 0 Å². The van der Waals surface area contributed by atoms with Gasteiger partial charge in [-0.1, -0.05) is 54.1 Å². The van der Waals surface area contributed by atoms with Gasteiger partial charge in [0, 0.05) is 25.2 Å². The molecule has 2 rings (SSSR count). The summed E-state index contributed by atoms with van der Waals surface area (Å²) in [6, 6.07) is 16.4. The maximum atomic E-state index is 12.4. The molecule has 2 aromatic rings. The summed E-state index contributed by atoms with van der Waals surface area (Å²) in [5.74, 6) is -0.261. The third-order valence-electron chi connectivity index (χ3n) is 3.74. The van der Waals surface area contributed by atoms with Gasteiger partial charge in [-0.3, -0.25) is 4.79 Å². The fourth-order valence-electron chi connectivity index (χ4n) is 2.30. The van der Waals surface area contributed by atoms with Crippen LogP contribution >= 0.6 is 11.6 Å². The molecule has 0 heterocycles. The average Bonchev–Trinajstić information content (AvgIpc) is 2.56. The Bertz CT molecular complexity index is 808. The van der Waals surface area contributed by atoms with Crippen LogP contribution in [0.2, 0.25) is 5.02 Å². The zero-order valence-electron chi connectivity index (χ0n) is 14.2. The van der Waals surface area contributed by atoms with Gasteiger partial charge in [0.1, 0.15) is 0 Å². The summed E-state index contributed by atoms with van der Waals surface area (Å²) in [6.45, 7) is 0.351. The van der Waals surface area contributed by atoms with Crippen molar-refractivity contribution in [3.05, 3.63) is 70.7 Å². The van der Waals surface area contributed by atoms with Crippen molar-refractivity contribution in [3.63, 3.8) is 0 Å². The van der Waals surface area contributed by atoms with Gasteiger partial charge in [-0.2, -0.15) is 4.31 Å².